The van der Waals surface area contributed by atoms with E-state index in [0.29, 0.717) is 6.04 Å². The molecule has 1 amide bonds. The zero-order valence-corrected chi connectivity index (χ0v) is 15.5. The number of amides is 1. The first-order valence-electron chi connectivity index (χ1n) is 8.97. The van der Waals surface area contributed by atoms with Gasteiger partial charge in [0.15, 0.2) is 0 Å². The number of fused-ring (bicyclic) bond motifs is 2. The lowest BCUT2D eigenvalue weighted by molar-refractivity contribution is 0.0945. The Morgan fingerprint density at radius 2 is 2.20 bits per heavy atom. The Labute approximate surface area is 151 Å². The third-order valence-electron chi connectivity index (χ3n) is 5.09. The molecule has 5 heteroatoms. The van der Waals surface area contributed by atoms with Crippen molar-refractivity contribution in [2.45, 2.75) is 32.7 Å². The van der Waals surface area contributed by atoms with E-state index in [4.69, 9.17) is 4.98 Å². The normalized spacial score (nSPS) is 18.2. The van der Waals surface area contributed by atoms with Gasteiger partial charge in [0.25, 0.3) is 5.91 Å². The Bertz CT molecular complexity index is 933. The number of hydrogen-bond acceptors (Lipinski definition) is 4. The fourth-order valence-electron chi connectivity index (χ4n) is 3.69. The Hall–Kier alpha value is -1.98. The second-order valence-electron chi connectivity index (χ2n) is 6.82. The lowest BCUT2D eigenvalue weighted by Crippen LogP contribution is -2.39. The van der Waals surface area contributed by atoms with Gasteiger partial charge in [0.2, 0.25) is 0 Å². The molecule has 1 N–H and O–H groups in total. The number of likely N-dealkylation sites (tertiary alicyclic amines) is 1. The van der Waals surface area contributed by atoms with Crippen LogP contribution in [0.1, 0.15) is 35.0 Å². The first kappa shape index (κ1) is 16.5. The van der Waals surface area contributed by atoms with E-state index in [9.17, 15) is 4.79 Å². The summed E-state index contributed by atoms with van der Waals surface area (Å²) in [5.41, 5.74) is 2.19. The number of nitrogens with zero attached hydrogens (tertiary/aromatic N) is 2. The average molecular weight is 353 g/mol. The standard InChI is InChI=1S/C20H23N3OS/c1-3-23-8-4-5-16(23)12-21-19(24)18-11-15-10-14-7-6-13(2)9-17(14)22-20(15)25-18/h6-7,9-11,16H,3-5,8,12H2,1-2H3,(H,21,24)/t16-/m0/s1. The van der Waals surface area contributed by atoms with Gasteiger partial charge in [-0.25, -0.2) is 4.98 Å². The van der Waals surface area contributed by atoms with Crippen LogP contribution in [0.25, 0.3) is 21.1 Å². The summed E-state index contributed by atoms with van der Waals surface area (Å²) in [6.07, 6.45) is 2.40. The predicted molar refractivity (Wildman–Crippen MR) is 104 cm³/mol. The molecule has 1 atom stereocenters. The number of rotatable bonds is 4. The third kappa shape index (κ3) is 3.26. The van der Waals surface area contributed by atoms with Gasteiger partial charge in [-0.2, -0.15) is 0 Å². The number of benzene rings is 1. The smallest absolute Gasteiger partial charge is 0.261 e. The molecule has 1 aromatic carbocycles. The highest BCUT2D eigenvalue weighted by atomic mass is 32.1. The fraction of sp³-hybridized carbons (Fsp3) is 0.400. The van der Waals surface area contributed by atoms with Gasteiger partial charge in [-0.1, -0.05) is 19.1 Å². The molecular formula is C20H23N3OS. The maximum absolute atomic E-state index is 12.6. The minimum atomic E-state index is 0.0196. The van der Waals surface area contributed by atoms with Gasteiger partial charge in [-0.15, -0.1) is 11.3 Å². The Morgan fingerprint density at radius 1 is 1.32 bits per heavy atom. The van der Waals surface area contributed by atoms with Crippen molar-refractivity contribution in [3.8, 4) is 0 Å². The van der Waals surface area contributed by atoms with Gasteiger partial charge in [0.05, 0.1) is 10.4 Å². The van der Waals surface area contributed by atoms with E-state index in [1.165, 1.54) is 29.7 Å². The zero-order valence-electron chi connectivity index (χ0n) is 14.7. The number of likely N-dealkylation sites (N-methyl/N-ethyl adjacent to an activating group) is 1. The molecule has 0 bridgehead atoms. The highest BCUT2D eigenvalue weighted by Crippen LogP contribution is 2.28. The molecule has 130 valence electrons. The van der Waals surface area contributed by atoms with E-state index in [-0.39, 0.29) is 5.91 Å². The van der Waals surface area contributed by atoms with Gasteiger partial charge in [0.1, 0.15) is 4.83 Å². The molecule has 3 heterocycles. The van der Waals surface area contributed by atoms with Crippen molar-refractivity contribution >= 4 is 38.4 Å². The molecule has 4 nitrogen and oxygen atoms in total. The molecule has 1 saturated heterocycles. The Morgan fingerprint density at radius 3 is 3.04 bits per heavy atom. The van der Waals surface area contributed by atoms with Crippen LogP contribution in [-0.2, 0) is 0 Å². The number of carbonyl (C=O) groups excluding carboxylic acids is 1. The zero-order chi connectivity index (χ0) is 17.4. The number of nitrogens with one attached hydrogen (secondary N) is 1. The second kappa shape index (κ2) is 6.73. The van der Waals surface area contributed by atoms with Crippen molar-refractivity contribution in [3.63, 3.8) is 0 Å². The summed E-state index contributed by atoms with van der Waals surface area (Å²) < 4.78 is 0. The molecule has 1 aliphatic rings. The van der Waals surface area contributed by atoms with Crippen molar-refractivity contribution in [2.24, 2.45) is 0 Å². The summed E-state index contributed by atoms with van der Waals surface area (Å²) in [7, 11) is 0. The highest BCUT2D eigenvalue weighted by molar-refractivity contribution is 7.20. The number of pyridine rings is 1. The van der Waals surface area contributed by atoms with E-state index >= 15 is 0 Å². The first-order valence-corrected chi connectivity index (χ1v) is 9.79. The van der Waals surface area contributed by atoms with E-state index < -0.39 is 0 Å². The summed E-state index contributed by atoms with van der Waals surface area (Å²) in [5.74, 6) is 0.0196. The van der Waals surface area contributed by atoms with Gasteiger partial charge < -0.3 is 5.32 Å². The summed E-state index contributed by atoms with van der Waals surface area (Å²) in [5, 5.41) is 5.28. The number of aryl methyl sites for hydroxylation is 1. The lowest BCUT2D eigenvalue weighted by Gasteiger charge is -2.22. The van der Waals surface area contributed by atoms with Gasteiger partial charge in [-0.3, -0.25) is 9.69 Å². The van der Waals surface area contributed by atoms with Crippen LogP contribution in [0.3, 0.4) is 0 Å². The van der Waals surface area contributed by atoms with Crippen LogP contribution < -0.4 is 5.32 Å². The largest absolute Gasteiger partial charge is 0.350 e. The number of aromatic nitrogens is 1. The van der Waals surface area contributed by atoms with Crippen LogP contribution in [0, 0.1) is 6.92 Å². The van der Waals surface area contributed by atoms with Gasteiger partial charge >= 0.3 is 0 Å². The maximum atomic E-state index is 12.6. The summed E-state index contributed by atoms with van der Waals surface area (Å²) in [4.78, 5) is 21.4. The van der Waals surface area contributed by atoms with Crippen molar-refractivity contribution in [2.75, 3.05) is 19.6 Å². The van der Waals surface area contributed by atoms with Crippen LogP contribution in [0.4, 0.5) is 0 Å². The maximum Gasteiger partial charge on any atom is 0.261 e. The topological polar surface area (TPSA) is 45.2 Å². The molecule has 25 heavy (non-hydrogen) atoms. The van der Waals surface area contributed by atoms with Crippen LogP contribution in [0.5, 0.6) is 0 Å². The first-order chi connectivity index (χ1) is 12.1. The van der Waals surface area contributed by atoms with Crippen LogP contribution in [0.2, 0.25) is 0 Å². The summed E-state index contributed by atoms with van der Waals surface area (Å²) >= 11 is 1.48. The third-order valence-corrected chi connectivity index (χ3v) is 6.13. The molecule has 4 rings (SSSR count). The van der Waals surface area contributed by atoms with Crippen LogP contribution in [0.15, 0.2) is 30.3 Å². The van der Waals surface area contributed by atoms with E-state index in [0.717, 1.165) is 45.6 Å². The Balaban J connectivity index is 1.54. The lowest BCUT2D eigenvalue weighted by atomic mass is 10.1. The van der Waals surface area contributed by atoms with Crippen LogP contribution >= 0.6 is 11.3 Å². The molecule has 2 aromatic heterocycles. The second-order valence-corrected chi connectivity index (χ2v) is 7.85. The molecule has 1 aliphatic heterocycles. The fourth-order valence-corrected chi connectivity index (χ4v) is 4.63. The average Bonchev–Trinajstić information content (AvgIpc) is 3.23. The van der Waals surface area contributed by atoms with Crippen LogP contribution in [-0.4, -0.2) is 41.5 Å². The minimum absolute atomic E-state index is 0.0196. The molecule has 0 spiro atoms. The number of carbonyl (C=O) groups is 1. The van der Waals surface area contributed by atoms with E-state index in [2.05, 4.69) is 48.3 Å². The molecule has 0 aliphatic carbocycles. The molecule has 1 fully saturated rings. The summed E-state index contributed by atoms with van der Waals surface area (Å²) in [6, 6.07) is 10.8. The van der Waals surface area contributed by atoms with Crippen molar-refractivity contribution in [1.29, 1.82) is 0 Å². The molecule has 0 saturated carbocycles. The molecule has 0 radical (unpaired) electrons. The monoisotopic (exact) mass is 353 g/mol. The Kier molecular flexibility index (Phi) is 4.44. The minimum Gasteiger partial charge on any atom is -0.350 e. The number of thiophene rings is 1. The quantitative estimate of drug-likeness (QED) is 0.772. The summed E-state index contributed by atoms with van der Waals surface area (Å²) in [6.45, 7) is 7.19. The van der Waals surface area contributed by atoms with Crippen molar-refractivity contribution < 1.29 is 4.79 Å². The van der Waals surface area contributed by atoms with Crippen molar-refractivity contribution in [3.05, 3.63) is 40.8 Å². The van der Waals surface area contributed by atoms with E-state index in [1.807, 2.05) is 6.07 Å². The highest BCUT2D eigenvalue weighted by Gasteiger charge is 2.23. The van der Waals surface area contributed by atoms with Gasteiger partial charge in [-0.05, 0) is 56.6 Å². The molecule has 3 aromatic rings. The van der Waals surface area contributed by atoms with E-state index in [1.54, 1.807) is 0 Å². The number of hydrogen-bond donors (Lipinski definition) is 1. The van der Waals surface area contributed by atoms with Gasteiger partial charge in [0, 0.05) is 23.4 Å². The molecular weight excluding hydrogens is 330 g/mol. The van der Waals surface area contributed by atoms with Crippen molar-refractivity contribution in [1.82, 2.24) is 15.2 Å². The predicted octanol–water partition coefficient (Wildman–Crippen LogP) is 3.97. The SMILES string of the molecule is CCN1CCC[C@H]1CNC(=O)c1cc2cc3ccc(C)cc3nc2s1. The molecule has 0 unspecified atom stereocenters.